The summed E-state index contributed by atoms with van der Waals surface area (Å²) in [7, 11) is 0. The highest BCUT2D eigenvalue weighted by atomic mass is 16.6. The summed E-state index contributed by atoms with van der Waals surface area (Å²) in [5, 5.41) is 11.0. The number of carbonyl (C=O) groups excluding carboxylic acids is 1. The molecule has 0 bridgehead atoms. The van der Waals surface area contributed by atoms with Crippen LogP contribution in [0.5, 0.6) is 0 Å². The summed E-state index contributed by atoms with van der Waals surface area (Å²) in [5.74, 6) is -0.678. The van der Waals surface area contributed by atoms with Gasteiger partial charge in [0.2, 0.25) is 0 Å². The largest absolute Gasteiger partial charge is 0.462 e. The molecule has 0 amide bonds. The van der Waals surface area contributed by atoms with Crippen LogP contribution in [0.4, 0.5) is 5.69 Å². The highest BCUT2D eigenvalue weighted by Crippen LogP contribution is 2.27. The van der Waals surface area contributed by atoms with Crippen LogP contribution in [0.3, 0.4) is 0 Å². The second-order valence-electron chi connectivity index (χ2n) is 3.36. The number of nitro groups is 1. The molecule has 0 saturated heterocycles. The van der Waals surface area contributed by atoms with Gasteiger partial charge in [0.05, 0.1) is 11.5 Å². The number of ether oxygens (including phenoxy) is 1. The van der Waals surface area contributed by atoms with Crippen LogP contribution in [-0.4, -0.2) is 21.9 Å². The Morgan fingerprint density at radius 1 is 1.53 bits per heavy atom. The average Bonchev–Trinajstić information content (AvgIpc) is 2.68. The summed E-state index contributed by atoms with van der Waals surface area (Å²) in [4.78, 5) is 22.0. The fraction of sp³-hybridized carbons (Fsp3) is 0.182. The van der Waals surface area contributed by atoms with Crippen LogP contribution in [0.25, 0.3) is 5.52 Å². The first-order valence-electron chi connectivity index (χ1n) is 5.06. The fourth-order valence-electron chi connectivity index (χ4n) is 1.66. The number of rotatable bonds is 3. The first kappa shape index (κ1) is 11.1. The molecule has 0 atom stereocenters. The summed E-state index contributed by atoms with van der Waals surface area (Å²) in [6.45, 7) is 1.84. The van der Waals surface area contributed by atoms with Gasteiger partial charge in [0, 0.05) is 12.4 Å². The molecule has 0 N–H and O–H groups in total. The van der Waals surface area contributed by atoms with Crippen LogP contribution < -0.4 is 0 Å². The van der Waals surface area contributed by atoms with Crippen LogP contribution >= 0.6 is 0 Å². The molecule has 2 heterocycles. The molecule has 2 aromatic rings. The SMILES string of the molecule is CCOC(=O)c1cn2ccccc2c1[N+](=O)[O-]. The van der Waals surface area contributed by atoms with E-state index in [0.29, 0.717) is 5.52 Å². The maximum atomic E-state index is 11.6. The monoisotopic (exact) mass is 234 g/mol. The number of carbonyl (C=O) groups is 1. The van der Waals surface area contributed by atoms with Crippen LogP contribution in [-0.2, 0) is 4.74 Å². The smallest absolute Gasteiger partial charge is 0.346 e. The summed E-state index contributed by atoms with van der Waals surface area (Å²) >= 11 is 0. The van der Waals surface area contributed by atoms with Gasteiger partial charge in [-0.05, 0) is 19.1 Å². The van der Waals surface area contributed by atoms with E-state index >= 15 is 0 Å². The van der Waals surface area contributed by atoms with Gasteiger partial charge < -0.3 is 9.14 Å². The zero-order chi connectivity index (χ0) is 12.4. The van der Waals surface area contributed by atoms with E-state index in [2.05, 4.69) is 0 Å². The summed E-state index contributed by atoms with van der Waals surface area (Å²) in [6.07, 6.45) is 3.05. The number of pyridine rings is 1. The molecule has 0 saturated carbocycles. The number of hydrogen-bond donors (Lipinski definition) is 0. The minimum Gasteiger partial charge on any atom is -0.462 e. The molecule has 2 rings (SSSR count). The first-order valence-corrected chi connectivity index (χ1v) is 5.06. The number of nitrogens with zero attached hydrogens (tertiary/aromatic N) is 2. The Balaban J connectivity index is 2.66. The molecule has 0 aliphatic heterocycles. The van der Waals surface area contributed by atoms with Crippen molar-refractivity contribution >= 4 is 17.2 Å². The topological polar surface area (TPSA) is 73.8 Å². The van der Waals surface area contributed by atoms with Gasteiger partial charge in [-0.1, -0.05) is 6.07 Å². The lowest BCUT2D eigenvalue weighted by Gasteiger charge is -1.97. The predicted molar refractivity (Wildman–Crippen MR) is 60.0 cm³/mol. The molecule has 0 fully saturated rings. The second-order valence-corrected chi connectivity index (χ2v) is 3.36. The number of hydrogen-bond acceptors (Lipinski definition) is 4. The molecule has 6 nitrogen and oxygen atoms in total. The van der Waals surface area contributed by atoms with E-state index in [0.717, 1.165) is 0 Å². The molecule has 6 heteroatoms. The lowest BCUT2D eigenvalue weighted by atomic mass is 10.2. The van der Waals surface area contributed by atoms with Gasteiger partial charge in [0.15, 0.2) is 5.56 Å². The highest BCUT2D eigenvalue weighted by Gasteiger charge is 2.26. The van der Waals surface area contributed by atoms with E-state index in [9.17, 15) is 14.9 Å². The Morgan fingerprint density at radius 3 is 2.94 bits per heavy atom. The Kier molecular flexibility index (Phi) is 2.78. The van der Waals surface area contributed by atoms with Crippen molar-refractivity contribution in [2.45, 2.75) is 6.92 Å². The van der Waals surface area contributed by atoms with Crippen molar-refractivity contribution in [3.63, 3.8) is 0 Å². The van der Waals surface area contributed by atoms with Gasteiger partial charge in [-0.2, -0.15) is 0 Å². The summed E-state index contributed by atoms with van der Waals surface area (Å²) < 4.78 is 6.32. The maximum Gasteiger partial charge on any atom is 0.346 e. The lowest BCUT2D eigenvalue weighted by Crippen LogP contribution is -2.05. The Bertz CT molecular complexity index is 588. The number of esters is 1. The summed E-state index contributed by atoms with van der Waals surface area (Å²) in [6, 6.07) is 4.99. The van der Waals surface area contributed by atoms with Crippen molar-refractivity contribution in [2.75, 3.05) is 6.61 Å². The van der Waals surface area contributed by atoms with E-state index in [1.165, 1.54) is 10.6 Å². The Hall–Kier alpha value is -2.37. The first-order chi connectivity index (χ1) is 8.15. The third kappa shape index (κ3) is 1.84. The third-order valence-electron chi connectivity index (χ3n) is 2.33. The minimum absolute atomic E-state index is 0.0250. The molecule has 0 aromatic carbocycles. The third-order valence-corrected chi connectivity index (χ3v) is 2.33. The van der Waals surface area contributed by atoms with Crippen molar-refractivity contribution in [3.05, 3.63) is 46.3 Å². The molecule has 0 aliphatic rings. The average molecular weight is 234 g/mol. The van der Waals surface area contributed by atoms with E-state index < -0.39 is 10.9 Å². The lowest BCUT2D eigenvalue weighted by molar-refractivity contribution is -0.383. The molecule has 2 aromatic heterocycles. The molecular formula is C11H10N2O4. The van der Waals surface area contributed by atoms with Gasteiger partial charge in [-0.25, -0.2) is 4.79 Å². The highest BCUT2D eigenvalue weighted by molar-refractivity contribution is 5.98. The number of aromatic nitrogens is 1. The van der Waals surface area contributed by atoms with Crippen LogP contribution in [0.2, 0.25) is 0 Å². The Morgan fingerprint density at radius 2 is 2.29 bits per heavy atom. The van der Waals surface area contributed by atoms with Gasteiger partial charge in [-0.15, -0.1) is 0 Å². The van der Waals surface area contributed by atoms with Crippen molar-refractivity contribution < 1.29 is 14.5 Å². The van der Waals surface area contributed by atoms with Gasteiger partial charge in [-0.3, -0.25) is 10.1 Å². The van der Waals surface area contributed by atoms with Gasteiger partial charge in [0.1, 0.15) is 5.52 Å². The van der Waals surface area contributed by atoms with E-state index in [1.807, 2.05) is 0 Å². The molecule has 0 spiro atoms. The summed E-state index contributed by atoms with van der Waals surface area (Å²) in [5.41, 5.74) is 0.132. The van der Waals surface area contributed by atoms with Crippen molar-refractivity contribution in [1.29, 1.82) is 0 Å². The number of fused-ring (bicyclic) bond motifs is 1. The Labute approximate surface area is 96.6 Å². The van der Waals surface area contributed by atoms with Crippen molar-refractivity contribution in [2.24, 2.45) is 0 Å². The van der Waals surface area contributed by atoms with Crippen molar-refractivity contribution in [3.8, 4) is 0 Å². The second kappa shape index (κ2) is 4.25. The quantitative estimate of drug-likeness (QED) is 0.462. The molecular weight excluding hydrogens is 224 g/mol. The van der Waals surface area contributed by atoms with Crippen LogP contribution in [0.15, 0.2) is 30.6 Å². The molecule has 0 radical (unpaired) electrons. The predicted octanol–water partition coefficient (Wildman–Crippen LogP) is 2.02. The van der Waals surface area contributed by atoms with E-state index in [1.54, 1.807) is 31.3 Å². The molecule has 17 heavy (non-hydrogen) atoms. The normalized spacial score (nSPS) is 10.4. The zero-order valence-electron chi connectivity index (χ0n) is 9.12. The zero-order valence-corrected chi connectivity index (χ0v) is 9.12. The van der Waals surface area contributed by atoms with E-state index in [4.69, 9.17) is 4.74 Å². The molecule has 88 valence electrons. The fourth-order valence-corrected chi connectivity index (χ4v) is 1.66. The van der Waals surface area contributed by atoms with Crippen molar-refractivity contribution in [1.82, 2.24) is 4.40 Å². The van der Waals surface area contributed by atoms with Crippen LogP contribution in [0, 0.1) is 10.1 Å². The van der Waals surface area contributed by atoms with Gasteiger partial charge >= 0.3 is 11.7 Å². The standard InChI is InChI=1S/C11H10N2O4/c1-2-17-11(14)8-7-12-6-4-3-5-9(12)10(8)13(15)16/h3-7H,2H2,1H3. The molecule has 0 unspecified atom stereocenters. The maximum absolute atomic E-state index is 11.6. The van der Waals surface area contributed by atoms with Gasteiger partial charge in [0.25, 0.3) is 0 Å². The minimum atomic E-state index is -0.678. The van der Waals surface area contributed by atoms with Crippen LogP contribution in [0.1, 0.15) is 17.3 Å². The van der Waals surface area contributed by atoms with E-state index in [-0.39, 0.29) is 17.9 Å². The molecule has 0 aliphatic carbocycles.